The number of pyridine rings is 1. The lowest BCUT2D eigenvalue weighted by molar-refractivity contribution is -0.141. The maximum absolute atomic E-state index is 11.8. The molecule has 0 atom stereocenters. The van der Waals surface area contributed by atoms with E-state index in [0.717, 1.165) is 17.3 Å². The third-order valence-corrected chi connectivity index (χ3v) is 3.56. The monoisotopic (exact) mass is 363 g/mol. The predicted molar refractivity (Wildman–Crippen MR) is 90.8 cm³/mol. The second-order valence-electron chi connectivity index (χ2n) is 4.76. The molecule has 10 heteroatoms. The van der Waals surface area contributed by atoms with Gasteiger partial charge in [-0.1, -0.05) is 11.8 Å². The Morgan fingerprint density at radius 3 is 2.80 bits per heavy atom. The lowest BCUT2D eigenvalue weighted by Gasteiger charge is -2.02. The highest BCUT2D eigenvalue weighted by Crippen LogP contribution is 2.22. The van der Waals surface area contributed by atoms with Crippen molar-refractivity contribution in [2.24, 2.45) is 5.10 Å². The van der Waals surface area contributed by atoms with Gasteiger partial charge in [-0.25, -0.2) is 5.43 Å². The second kappa shape index (κ2) is 9.52. The van der Waals surface area contributed by atoms with Crippen molar-refractivity contribution in [1.29, 1.82) is 0 Å². The fourth-order valence-corrected chi connectivity index (χ4v) is 2.21. The topological polar surface area (TPSA) is 120 Å². The Morgan fingerprint density at radius 2 is 2.08 bits per heavy atom. The summed E-state index contributed by atoms with van der Waals surface area (Å²) in [5, 5.41) is 11.9. The standard InChI is InChI=1S/C15H17N5O4S/c1-3-23-13(22)8-10(2)17-18-12(21)9-25-15-20-19-14(24-15)11-4-6-16-7-5-11/h4-7H,3,8-9H2,1-2H3,(H,18,21)/b17-10+. The molecule has 0 fully saturated rings. The van der Waals surface area contributed by atoms with Crippen LogP contribution < -0.4 is 5.43 Å². The van der Waals surface area contributed by atoms with Crippen molar-refractivity contribution < 1.29 is 18.7 Å². The van der Waals surface area contributed by atoms with Gasteiger partial charge in [-0.2, -0.15) is 5.10 Å². The highest BCUT2D eigenvalue weighted by molar-refractivity contribution is 7.99. The van der Waals surface area contributed by atoms with E-state index in [1.165, 1.54) is 0 Å². The zero-order valence-corrected chi connectivity index (χ0v) is 14.6. The van der Waals surface area contributed by atoms with Crippen molar-refractivity contribution in [3.8, 4) is 11.5 Å². The third-order valence-electron chi connectivity index (χ3n) is 2.74. The largest absolute Gasteiger partial charge is 0.466 e. The van der Waals surface area contributed by atoms with E-state index >= 15 is 0 Å². The van der Waals surface area contributed by atoms with Crippen LogP contribution in [0.15, 0.2) is 39.3 Å². The van der Waals surface area contributed by atoms with Gasteiger partial charge in [0.25, 0.3) is 11.1 Å². The van der Waals surface area contributed by atoms with Gasteiger partial charge in [0.05, 0.1) is 18.8 Å². The van der Waals surface area contributed by atoms with Gasteiger partial charge >= 0.3 is 5.97 Å². The first-order valence-electron chi connectivity index (χ1n) is 7.42. The molecule has 0 unspecified atom stereocenters. The smallest absolute Gasteiger partial charge is 0.311 e. The maximum Gasteiger partial charge on any atom is 0.311 e. The van der Waals surface area contributed by atoms with E-state index in [1.807, 2.05) is 0 Å². The lowest BCUT2D eigenvalue weighted by Crippen LogP contribution is -2.22. The Kier molecular flexibility index (Phi) is 7.08. The Morgan fingerprint density at radius 1 is 1.32 bits per heavy atom. The molecule has 0 saturated heterocycles. The van der Waals surface area contributed by atoms with Crippen molar-refractivity contribution in [2.45, 2.75) is 25.5 Å². The average Bonchev–Trinajstić information content (AvgIpc) is 3.08. The quantitative estimate of drug-likeness (QED) is 0.325. The molecule has 0 aliphatic heterocycles. The van der Waals surface area contributed by atoms with Gasteiger partial charge in [-0.05, 0) is 26.0 Å². The molecule has 0 spiro atoms. The number of ether oxygens (including phenoxy) is 1. The van der Waals surface area contributed by atoms with E-state index < -0.39 is 0 Å². The van der Waals surface area contributed by atoms with E-state index in [4.69, 9.17) is 9.15 Å². The van der Waals surface area contributed by atoms with Crippen LogP contribution in [0.2, 0.25) is 0 Å². The first-order valence-corrected chi connectivity index (χ1v) is 8.41. The number of thioether (sulfide) groups is 1. The third kappa shape index (κ3) is 6.34. The zero-order chi connectivity index (χ0) is 18.1. The molecule has 132 valence electrons. The Balaban J connectivity index is 1.79. The minimum atomic E-state index is -0.387. The molecule has 0 aromatic carbocycles. The summed E-state index contributed by atoms with van der Waals surface area (Å²) in [5.74, 6) is -0.332. The summed E-state index contributed by atoms with van der Waals surface area (Å²) in [5.41, 5.74) is 3.56. The molecule has 2 aromatic heterocycles. The fourth-order valence-electron chi connectivity index (χ4n) is 1.66. The first-order chi connectivity index (χ1) is 12.1. The summed E-state index contributed by atoms with van der Waals surface area (Å²) < 4.78 is 10.3. The van der Waals surface area contributed by atoms with Crippen LogP contribution in [0.5, 0.6) is 0 Å². The summed E-state index contributed by atoms with van der Waals surface area (Å²) in [6, 6.07) is 3.49. The molecule has 0 aliphatic carbocycles. The van der Waals surface area contributed by atoms with Crippen LogP contribution in [0, 0.1) is 0 Å². The van der Waals surface area contributed by atoms with Crippen LogP contribution >= 0.6 is 11.8 Å². The van der Waals surface area contributed by atoms with Crippen molar-refractivity contribution in [1.82, 2.24) is 20.6 Å². The number of nitrogens with zero attached hydrogens (tertiary/aromatic N) is 4. The number of amides is 1. The number of nitrogens with one attached hydrogen (secondary N) is 1. The predicted octanol–water partition coefficient (Wildman–Crippen LogP) is 1.67. The van der Waals surface area contributed by atoms with Gasteiger partial charge in [-0.15, -0.1) is 10.2 Å². The van der Waals surface area contributed by atoms with Crippen LogP contribution in [-0.4, -0.2) is 45.1 Å². The Hall–Kier alpha value is -2.75. The molecule has 1 amide bonds. The number of hydrogen-bond acceptors (Lipinski definition) is 9. The number of aromatic nitrogens is 3. The molecular formula is C15H17N5O4S. The second-order valence-corrected chi connectivity index (χ2v) is 5.69. The summed E-state index contributed by atoms with van der Waals surface area (Å²) in [4.78, 5) is 26.9. The van der Waals surface area contributed by atoms with Crippen LogP contribution in [0.1, 0.15) is 20.3 Å². The number of esters is 1. The molecule has 0 aliphatic rings. The van der Waals surface area contributed by atoms with Crippen molar-refractivity contribution in [3.05, 3.63) is 24.5 Å². The molecule has 2 rings (SSSR count). The van der Waals surface area contributed by atoms with Gasteiger partial charge in [0.1, 0.15) is 0 Å². The number of carbonyl (C=O) groups is 2. The van der Waals surface area contributed by atoms with Crippen LogP contribution in [0.4, 0.5) is 0 Å². The van der Waals surface area contributed by atoms with Crippen molar-refractivity contribution >= 4 is 29.4 Å². The van der Waals surface area contributed by atoms with Gasteiger partial charge in [0.2, 0.25) is 5.89 Å². The van der Waals surface area contributed by atoms with Gasteiger partial charge in [-0.3, -0.25) is 14.6 Å². The van der Waals surface area contributed by atoms with Gasteiger partial charge in [0, 0.05) is 23.7 Å². The number of hydrazone groups is 1. The van der Waals surface area contributed by atoms with Gasteiger partial charge < -0.3 is 9.15 Å². The fraction of sp³-hybridized carbons (Fsp3) is 0.333. The molecule has 0 saturated carbocycles. The maximum atomic E-state index is 11.8. The van der Waals surface area contributed by atoms with Crippen LogP contribution in [0.3, 0.4) is 0 Å². The molecule has 2 aromatic rings. The van der Waals surface area contributed by atoms with Gasteiger partial charge in [0.15, 0.2) is 0 Å². The summed E-state index contributed by atoms with van der Waals surface area (Å²) in [6.45, 7) is 3.66. The summed E-state index contributed by atoms with van der Waals surface area (Å²) in [7, 11) is 0. The van der Waals surface area contributed by atoms with E-state index in [1.54, 1.807) is 38.4 Å². The minimum Gasteiger partial charge on any atom is -0.466 e. The van der Waals surface area contributed by atoms with E-state index in [0.29, 0.717) is 18.2 Å². The first kappa shape index (κ1) is 18.6. The van der Waals surface area contributed by atoms with Crippen molar-refractivity contribution in [2.75, 3.05) is 12.4 Å². The average molecular weight is 363 g/mol. The zero-order valence-electron chi connectivity index (χ0n) is 13.8. The van der Waals surface area contributed by atoms with E-state index in [-0.39, 0.29) is 29.3 Å². The summed E-state index contributed by atoms with van der Waals surface area (Å²) >= 11 is 1.09. The van der Waals surface area contributed by atoms with Crippen LogP contribution in [-0.2, 0) is 14.3 Å². The molecule has 1 N–H and O–H groups in total. The Bertz CT molecular complexity index is 747. The van der Waals surface area contributed by atoms with E-state index in [9.17, 15) is 9.59 Å². The highest BCUT2D eigenvalue weighted by atomic mass is 32.2. The SMILES string of the molecule is CCOC(=O)C/C(C)=N/NC(=O)CSc1nnc(-c2ccncc2)o1. The molecular weight excluding hydrogens is 346 g/mol. The van der Waals surface area contributed by atoms with Crippen molar-refractivity contribution in [3.63, 3.8) is 0 Å². The number of rotatable bonds is 8. The minimum absolute atomic E-state index is 0.0280. The molecule has 0 radical (unpaired) electrons. The molecule has 25 heavy (non-hydrogen) atoms. The lowest BCUT2D eigenvalue weighted by atomic mass is 10.3. The Labute approximate surface area is 148 Å². The highest BCUT2D eigenvalue weighted by Gasteiger charge is 2.11. The van der Waals surface area contributed by atoms with Crippen LogP contribution in [0.25, 0.3) is 11.5 Å². The van der Waals surface area contributed by atoms with E-state index in [2.05, 4.69) is 25.7 Å². The normalized spacial score (nSPS) is 11.2. The number of hydrogen-bond donors (Lipinski definition) is 1. The molecule has 0 bridgehead atoms. The molecule has 2 heterocycles. The summed E-state index contributed by atoms with van der Waals surface area (Å²) in [6.07, 6.45) is 3.27. The number of carbonyl (C=O) groups excluding carboxylic acids is 2. The molecule has 9 nitrogen and oxygen atoms in total.